The molecule has 3 rings (SSSR count). The number of nitrogens with zero attached hydrogens (tertiary/aromatic N) is 4. The van der Waals surface area contributed by atoms with Crippen LogP contribution in [0.3, 0.4) is 0 Å². The van der Waals surface area contributed by atoms with Crippen LogP contribution in [0.15, 0.2) is 11.3 Å². The van der Waals surface area contributed by atoms with Crippen molar-refractivity contribution in [2.75, 3.05) is 6.61 Å². The molecule has 12 heteroatoms. The predicted molar refractivity (Wildman–Crippen MR) is 118 cm³/mol. The van der Waals surface area contributed by atoms with Crippen molar-refractivity contribution >= 4 is 31.9 Å². The maximum Gasteiger partial charge on any atom is 0.302 e. The van der Waals surface area contributed by atoms with Crippen molar-refractivity contribution in [3.8, 4) is 0 Å². The molecule has 11 nitrogen and oxygen atoms in total. The molecule has 1 aromatic rings. The molecule has 0 saturated carbocycles. The van der Waals surface area contributed by atoms with E-state index in [1.54, 1.807) is 13.8 Å². The normalized spacial score (nSPS) is 26.1. The Hall–Kier alpha value is -2.12. The van der Waals surface area contributed by atoms with Crippen LogP contribution in [-0.4, -0.2) is 70.8 Å². The van der Waals surface area contributed by atoms with Crippen molar-refractivity contribution in [1.29, 1.82) is 0 Å². The van der Waals surface area contributed by atoms with E-state index in [2.05, 4.69) is 41.4 Å². The zero-order chi connectivity index (χ0) is 24.0. The average Bonchev–Trinajstić information content (AvgIpc) is 3.22. The molecule has 32 heavy (non-hydrogen) atoms. The lowest BCUT2D eigenvalue weighted by Crippen LogP contribution is -2.48. The third-order valence-electron chi connectivity index (χ3n) is 6.15. The first kappa shape index (κ1) is 24.5. The van der Waals surface area contributed by atoms with Gasteiger partial charge in [0.15, 0.2) is 26.1 Å². The van der Waals surface area contributed by atoms with Crippen LogP contribution in [0, 0.1) is 5.92 Å². The topological polar surface area (TPSA) is 149 Å². The second-order valence-corrected chi connectivity index (χ2v) is 14.7. The number of nitrogens with one attached hydrogen (secondary N) is 1. The number of aromatic nitrogens is 2. The zero-order valence-electron chi connectivity index (χ0n) is 19.5. The number of amides is 2. The van der Waals surface area contributed by atoms with E-state index in [1.807, 2.05) is 13.1 Å². The highest BCUT2D eigenvalue weighted by Gasteiger charge is 2.51. The summed E-state index contributed by atoms with van der Waals surface area (Å²) in [6.45, 7) is 13.3. The summed E-state index contributed by atoms with van der Waals surface area (Å²) < 4.78 is 13.9. The third-order valence-corrected chi connectivity index (χ3v) is 10.6. The fourth-order valence-electron chi connectivity index (χ4n) is 3.12. The number of hydrogen-bond acceptors (Lipinski definition) is 8. The lowest BCUT2D eigenvalue weighted by Gasteiger charge is -2.40. The summed E-state index contributed by atoms with van der Waals surface area (Å²) >= 11 is 0. The number of imidazole rings is 1. The first-order valence-corrected chi connectivity index (χ1v) is 13.5. The standard InChI is InChI=1S/C20H32N5O6Si/c1-10(2)16(28)23-19-22-15-12(17(29)24-19)21-9-25(15)18-14(13(27)11(8-26)30-18)31-32(6,7)20(3,4)5/h9-11,13-14,18,26-27H,8H2,1-7H3,(H,22,23,28)/t11-,13?,14?,18-/m1/s1. The van der Waals surface area contributed by atoms with Gasteiger partial charge in [-0.15, -0.1) is 0 Å². The van der Waals surface area contributed by atoms with Gasteiger partial charge in [-0.3, -0.25) is 19.5 Å². The first-order valence-electron chi connectivity index (χ1n) is 10.6. The summed E-state index contributed by atoms with van der Waals surface area (Å²) in [6.07, 6.45) is -2.30. The minimum Gasteiger partial charge on any atom is -0.407 e. The second kappa shape index (κ2) is 8.67. The molecule has 2 aliphatic rings. The predicted octanol–water partition coefficient (Wildman–Crippen LogP) is 1.04. The molecule has 1 saturated heterocycles. The van der Waals surface area contributed by atoms with E-state index in [4.69, 9.17) is 9.16 Å². The molecule has 2 unspecified atom stereocenters. The van der Waals surface area contributed by atoms with Gasteiger partial charge < -0.3 is 19.4 Å². The Morgan fingerprint density at radius 1 is 1.38 bits per heavy atom. The van der Waals surface area contributed by atoms with Crippen LogP contribution in [-0.2, 0) is 14.0 Å². The molecule has 1 radical (unpaired) electrons. The molecule has 4 atom stereocenters. The monoisotopic (exact) mass is 466 g/mol. The first-order chi connectivity index (χ1) is 14.8. The number of rotatable bonds is 5. The van der Waals surface area contributed by atoms with Gasteiger partial charge in [-0.2, -0.15) is 10.3 Å². The number of aliphatic hydroxyl groups excluding tert-OH is 2. The smallest absolute Gasteiger partial charge is 0.302 e. The number of carbonyl (C=O) groups is 2. The van der Waals surface area contributed by atoms with Crippen molar-refractivity contribution in [3.05, 3.63) is 12.0 Å². The van der Waals surface area contributed by atoms with E-state index in [0.717, 1.165) is 0 Å². The quantitative estimate of drug-likeness (QED) is 0.549. The van der Waals surface area contributed by atoms with Gasteiger partial charge in [-0.05, 0) is 18.1 Å². The number of aliphatic imine (C=N–C) groups is 1. The second-order valence-electron chi connectivity index (χ2n) is 9.90. The van der Waals surface area contributed by atoms with Crippen LogP contribution in [0.1, 0.15) is 51.3 Å². The van der Waals surface area contributed by atoms with Crippen molar-refractivity contribution < 1.29 is 29.0 Å². The Morgan fingerprint density at radius 2 is 2.03 bits per heavy atom. The molecule has 0 aromatic carbocycles. The Balaban J connectivity index is 1.99. The van der Waals surface area contributed by atoms with Crippen LogP contribution in [0.5, 0.6) is 0 Å². The Kier molecular flexibility index (Phi) is 6.64. The van der Waals surface area contributed by atoms with E-state index >= 15 is 0 Å². The molecule has 3 N–H and O–H groups in total. The van der Waals surface area contributed by atoms with E-state index in [1.165, 1.54) is 10.9 Å². The van der Waals surface area contributed by atoms with Crippen molar-refractivity contribution in [1.82, 2.24) is 20.2 Å². The third kappa shape index (κ3) is 4.50. The summed E-state index contributed by atoms with van der Waals surface area (Å²) in [5.74, 6) is -1.30. The Labute approximate surface area is 188 Å². The van der Waals surface area contributed by atoms with Gasteiger partial charge in [0.2, 0.25) is 11.9 Å². The van der Waals surface area contributed by atoms with Crippen LogP contribution in [0.4, 0.5) is 5.82 Å². The van der Waals surface area contributed by atoms with Crippen LogP contribution < -0.4 is 10.6 Å². The minimum absolute atomic E-state index is 0.00385. The number of guanidine groups is 1. The molecule has 3 heterocycles. The average molecular weight is 467 g/mol. The van der Waals surface area contributed by atoms with Gasteiger partial charge >= 0.3 is 5.91 Å². The largest absolute Gasteiger partial charge is 0.407 e. The van der Waals surface area contributed by atoms with E-state index < -0.39 is 45.4 Å². The molecular weight excluding hydrogens is 434 g/mol. The van der Waals surface area contributed by atoms with Crippen molar-refractivity contribution in [2.24, 2.45) is 10.9 Å². The minimum atomic E-state index is -2.34. The number of ether oxygens (including phenoxy) is 1. The highest BCUT2D eigenvalue weighted by Crippen LogP contribution is 2.43. The highest BCUT2D eigenvalue weighted by atomic mass is 28.4. The molecular formula is C20H32N5O6Si. The SMILES string of the molecule is CC(C)C(=O)NC1=Nc2c(ncn2[C@@H]2O[C@H](CO)C(O)C2O[Si](C)(C)C(C)(C)C)C(=O)[N]1. The lowest BCUT2D eigenvalue weighted by molar-refractivity contribution is -0.122. The number of aliphatic hydroxyl groups is 2. The number of fused-ring (bicyclic) bond motifs is 1. The summed E-state index contributed by atoms with van der Waals surface area (Å²) in [6, 6.07) is 0. The van der Waals surface area contributed by atoms with E-state index in [9.17, 15) is 19.8 Å². The van der Waals surface area contributed by atoms with Gasteiger partial charge in [0.05, 0.1) is 12.9 Å². The van der Waals surface area contributed by atoms with E-state index in [0.29, 0.717) is 0 Å². The van der Waals surface area contributed by atoms with Gasteiger partial charge in [0.1, 0.15) is 18.3 Å². The lowest BCUT2D eigenvalue weighted by atomic mass is 10.1. The highest BCUT2D eigenvalue weighted by molar-refractivity contribution is 6.74. The number of hydrogen-bond donors (Lipinski definition) is 3. The molecule has 2 aliphatic heterocycles. The molecule has 2 amide bonds. The van der Waals surface area contributed by atoms with Gasteiger partial charge in [-0.25, -0.2) is 4.98 Å². The summed E-state index contributed by atoms with van der Waals surface area (Å²) in [4.78, 5) is 32.9. The van der Waals surface area contributed by atoms with E-state index in [-0.39, 0.29) is 34.3 Å². The molecule has 1 aromatic heterocycles. The summed E-state index contributed by atoms with van der Waals surface area (Å²) in [7, 11) is -2.34. The fraction of sp³-hybridized carbons (Fsp3) is 0.700. The van der Waals surface area contributed by atoms with Crippen LogP contribution >= 0.6 is 0 Å². The van der Waals surface area contributed by atoms with Gasteiger partial charge in [0.25, 0.3) is 0 Å². The van der Waals surface area contributed by atoms with Gasteiger partial charge in [-0.1, -0.05) is 34.6 Å². The molecule has 0 aliphatic carbocycles. The van der Waals surface area contributed by atoms with Crippen LogP contribution in [0.2, 0.25) is 18.1 Å². The van der Waals surface area contributed by atoms with Crippen molar-refractivity contribution in [2.45, 2.75) is 77.3 Å². The molecule has 0 bridgehead atoms. The Bertz CT molecular complexity index is 922. The number of carbonyl (C=O) groups excluding carboxylic acids is 2. The molecule has 177 valence electrons. The van der Waals surface area contributed by atoms with Crippen molar-refractivity contribution in [3.63, 3.8) is 0 Å². The molecule has 0 spiro atoms. The molecule has 1 fully saturated rings. The summed E-state index contributed by atoms with van der Waals surface area (Å²) in [5, 5.41) is 26.7. The fourth-order valence-corrected chi connectivity index (χ4v) is 4.41. The maximum absolute atomic E-state index is 12.5. The zero-order valence-corrected chi connectivity index (χ0v) is 20.5. The van der Waals surface area contributed by atoms with Crippen LogP contribution in [0.25, 0.3) is 0 Å². The maximum atomic E-state index is 12.5. The van der Waals surface area contributed by atoms with Gasteiger partial charge in [0, 0.05) is 5.92 Å². The Morgan fingerprint density at radius 3 is 2.59 bits per heavy atom. The summed E-state index contributed by atoms with van der Waals surface area (Å²) in [5.41, 5.74) is 0.00385.